The maximum absolute atomic E-state index is 11.9. The van der Waals surface area contributed by atoms with Crippen molar-refractivity contribution in [3.63, 3.8) is 0 Å². The second-order valence-corrected chi connectivity index (χ2v) is 8.91. The van der Waals surface area contributed by atoms with Crippen LogP contribution in [-0.2, 0) is 14.4 Å². The molecular weight excluding hydrogens is 530 g/mol. The van der Waals surface area contributed by atoms with Crippen LogP contribution < -0.4 is 15.0 Å². The number of para-hydroxylation sites is 2. The van der Waals surface area contributed by atoms with Crippen molar-refractivity contribution >= 4 is 45.5 Å². The van der Waals surface area contributed by atoms with Crippen molar-refractivity contribution in [1.82, 2.24) is 10.2 Å². The molecule has 1 amide bonds. The van der Waals surface area contributed by atoms with Crippen molar-refractivity contribution in [2.24, 2.45) is 0 Å². The lowest BCUT2D eigenvalue weighted by molar-refractivity contribution is -0.159. The van der Waals surface area contributed by atoms with Gasteiger partial charge >= 0.3 is 11.9 Å². The molecule has 1 heterocycles. The molecule has 0 saturated carbocycles. The minimum atomic E-state index is -1.82. The highest BCUT2D eigenvalue weighted by atomic mass is 79.9. The predicted octanol–water partition coefficient (Wildman–Crippen LogP) is 3.35. The molecule has 3 N–H and O–H groups in total. The van der Waals surface area contributed by atoms with Crippen LogP contribution >= 0.6 is 15.9 Å². The summed E-state index contributed by atoms with van der Waals surface area (Å²) in [7, 11) is 1.73. The zero-order valence-electron chi connectivity index (χ0n) is 20.2. The molecule has 0 atom stereocenters. The van der Waals surface area contributed by atoms with Crippen LogP contribution in [0.25, 0.3) is 6.08 Å². The molecule has 0 radical (unpaired) electrons. The third kappa shape index (κ3) is 10.5. The topological polar surface area (TPSA) is 119 Å². The van der Waals surface area contributed by atoms with Gasteiger partial charge in [0, 0.05) is 43.3 Å². The van der Waals surface area contributed by atoms with E-state index in [2.05, 4.69) is 43.2 Å². The molecule has 36 heavy (non-hydrogen) atoms. The number of hydrogen-bond donors (Lipinski definition) is 3. The molecule has 1 aliphatic rings. The van der Waals surface area contributed by atoms with Gasteiger partial charge in [0.15, 0.2) is 0 Å². The zero-order valence-corrected chi connectivity index (χ0v) is 21.8. The van der Waals surface area contributed by atoms with Gasteiger partial charge in [0.2, 0.25) is 5.91 Å². The van der Waals surface area contributed by atoms with Gasteiger partial charge in [-0.2, -0.15) is 0 Å². The molecule has 1 fully saturated rings. The fourth-order valence-electron chi connectivity index (χ4n) is 3.58. The molecule has 9 nitrogen and oxygen atoms in total. The van der Waals surface area contributed by atoms with Gasteiger partial charge in [-0.3, -0.25) is 9.69 Å². The molecule has 1 saturated heterocycles. The summed E-state index contributed by atoms with van der Waals surface area (Å²) in [5.74, 6) is -2.75. The lowest BCUT2D eigenvalue weighted by Gasteiger charge is -2.36. The Bertz CT molecular complexity index is 1010. The van der Waals surface area contributed by atoms with Gasteiger partial charge in [-0.1, -0.05) is 40.2 Å². The van der Waals surface area contributed by atoms with Crippen molar-refractivity contribution in [1.29, 1.82) is 0 Å². The Balaban J connectivity index is 0.000000678. The molecule has 0 bridgehead atoms. The van der Waals surface area contributed by atoms with Crippen LogP contribution in [0.5, 0.6) is 5.75 Å². The summed E-state index contributed by atoms with van der Waals surface area (Å²) >= 11 is 3.41. The number of nitrogens with one attached hydrogen (secondary N) is 1. The van der Waals surface area contributed by atoms with Gasteiger partial charge < -0.3 is 25.2 Å². The number of nitrogens with zero attached hydrogens (tertiary/aromatic N) is 2. The highest BCUT2D eigenvalue weighted by Gasteiger charge is 2.19. The Morgan fingerprint density at radius 1 is 0.972 bits per heavy atom. The van der Waals surface area contributed by atoms with E-state index in [1.54, 1.807) is 13.2 Å². The quantitative estimate of drug-likeness (QED) is 0.242. The zero-order chi connectivity index (χ0) is 26.3. The fraction of sp³-hybridized carbons (Fsp3) is 0.346. The number of methoxy groups -OCH3 is 1. The predicted molar refractivity (Wildman–Crippen MR) is 142 cm³/mol. The second-order valence-electron chi connectivity index (χ2n) is 7.99. The highest BCUT2D eigenvalue weighted by Crippen LogP contribution is 2.28. The minimum absolute atomic E-state index is 0.0386. The lowest BCUT2D eigenvalue weighted by atomic mass is 10.2. The van der Waals surface area contributed by atoms with Gasteiger partial charge in [-0.25, -0.2) is 9.59 Å². The number of ether oxygens (including phenoxy) is 1. The summed E-state index contributed by atoms with van der Waals surface area (Å²) in [6, 6.07) is 16.1. The summed E-state index contributed by atoms with van der Waals surface area (Å²) < 4.78 is 6.52. The van der Waals surface area contributed by atoms with Crippen LogP contribution in [0.15, 0.2) is 59.1 Å². The van der Waals surface area contributed by atoms with E-state index < -0.39 is 11.9 Å². The molecule has 10 heteroatoms. The van der Waals surface area contributed by atoms with Gasteiger partial charge in [0.25, 0.3) is 0 Å². The summed E-state index contributed by atoms with van der Waals surface area (Å²) in [6.45, 7) is 5.92. The number of piperazine rings is 1. The van der Waals surface area contributed by atoms with E-state index in [4.69, 9.17) is 24.5 Å². The normalized spacial score (nSPS) is 13.6. The maximum atomic E-state index is 11.9. The van der Waals surface area contributed by atoms with E-state index in [-0.39, 0.29) is 5.91 Å². The number of carbonyl (C=O) groups is 3. The Labute approximate surface area is 219 Å². The number of halogens is 1. The van der Waals surface area contributed by atoms with E-state index in [0.717, 1.165) is 61.4 Å². The molecule has 0 aliphatic carbocycles. The largest absolute Gasteiger partial charge is 0.495 e. The van der Waals surface area contributed by atoms with Crippen molar-refractivity contribution in [3.8, 4) is 5.75 Å². The van der Waals surface area contributed by atoms with Crippen LogP contribution in [0.2, 0.25) is 0 Å². The van der Waals surface area contributed by atoms with E-state index in [9.17, 15) is 4.79 Å². The maximum Gasteiger partial charge on any atom is 0.414 e. The summed E-state index contributed by atoms with van der Waals surface area (Å²) in [5, 5.41) is 17.8. The van der Waals surface area contributed by atoms with Crippen LogP contribution in [-0.4, -0.2) is 79.3 Å². The van der Waals surface area contributed by atoms with E-state index >= 15 is 0 Å². The number of anilines is 1. The first-order chi connectivity index (χ1) is 17.3. The number of unbranched alkanes of at least 4 members (excludes halogenated alkanes) is 1. The SMILES string of the molecule is COc1ccccc1N1CCN(CCCCNC(=O)/C=C/c2ccc(Br)cc2)CC1.O=C(O)C(=O)O. The Hall–Kier alpha value is -3.37. The van der Waals surface area contributed by atoms with E-state index in [1.807, 2.05) is 42.5 Å². The average molecular weight is 562 g/mol. The minimum Gasteiger partial charge on any atom is -0.495 e. The smallest absolute Gasteiger partial charge is 0.414 e. The van der Waals surface area contributed by atoms with Crippen molar-refractivity contribution in [2.45, 2.75) is 12.8 Å². The van der Waals surface area contributed by atoms with Crippen LogP contribution in [0, 0.1) is 0 Å². The molecule has 0 aromatic heterocycles. The molecule has 1 aliphatic heterocycles. The van der Waals surface area contributed by atoms with E-state index in [0.29, 0.717) is 6.54 Å². The van der Waals surface area contributed by atoms with Crippen LogP contribution in [0.1, 0.15) is 18.4 Å². The number of aliphatic carboxylic acids is 2. The Kier molecular flexibility index (Phi) is 12.5. The average Bonchev–Trinajstić information content (AvgIpc) is 2.89. The van der Waals surface area contributed by atoms with Crippen molar-refractivity contribution in [3.05, 3.63) is 64.6 Å². The standard InChI is InChI=1S/C24H30BrN3O2.C2H2O4/c1-30-23-7-3-2-6-22(23)28-18-16-27(17-19-28)15-5-4-14-26-24(29)13-10-20-8-11-21(25)12-9-20;3-1(4)2(5)6/h2-3,6-13H,4-5,14-19H2,1H3,(H,26,29);(H,3,4)(H,5,6)/b13-10+;. The third-order valence-electron chi connectivity index (χ3n) is 5.48. The second kappa shape index (κ2) is 15.6. The van der Waals surface area contributed by atoms with Gasteiger partial charge in [-0.15, -0.1) is 0 Å². The molecule has 2 aromatic rings. The number of rotatable bonds is 9. The summed E-state index contributed by atoms with van der Waals surface area (Å²) in [5.41, 5.74) is 2.19. The monoisotopic (exact) mass is 561 g/mol. The number of benzene rings is 2. The Morgan fingerprint density at radius 3 is 2.22 bits per heavy atom. The van der Waals surface area contributed by atoms with Gasteiger partial charge in [0.05, 0.1) is 12.8 Å². The number of amides is 1. The number of carboxylic acids is 2. The fourth-order valence-corrected chi connectivity index (χ4v) is 3.84. The number of hydrogen-bond acceptors (Lipinski definition) is 6. The molecule has 0 spiro atoms. The Morgan fingerprint density at radius 2 is 1.61 bits per heavy atom. The van der Waals surface area contributed by atoms with E-state index in [1.165, 1.54) is 5.69 Å². The van der Waals surface area contributed by atoms with Crippen LogP contribution in [0.3, 0.4) is 0 Å². The third-order valence-corrected chi connectivity index (χ3v) is 6.01. The van der Waals surface area contributed by atoms with Crippen molar-refractivity contribution < 1.29 is 29.3 Å². The lowest BCUT2D eigenvalue weighted by Crippen LogP contribution is -2.46. The van der Waals surface area contributed by atoms with Gasteiger partial charge in [-0.05, 0) is 55.3 Å². The first kappa shape index (κ1) is 28.9. The van der Waals surface area contributed by atoms with Crippen LogP contribution in [0.4, 0.5) is 5.69 Å². The first-order valence-corrected chi connectivity index (χ1v) is 12.4. The molecule has 3 rings (SSSR count). The van der Waals surface area contributed by atoms with Gasteiger partial charge in [0.1, 0.15) is 5.75 Å². The molecule has 2 aromatic carbocycles. The molecule has 0 unspecified atom stereocenters. The number of carbonyl (C=O) groups excluding carboxylic acids is 1. The highest BCUT2D eigenvalue weighted by molar-refractivity contribution is 9.10. The first-order valence-electron chi connectivity index (χ1n) is 11.6. The molecule has 194 valence electrons. The number of carboxylic acid groups (broad SMARTS) is 2. The molecular formula is C26H32BrN3O6. The van der Waals surface area contributed by atoms with Crippen molar-refractivity contribution in [2.75, 3.05) is 51.3 Å². The summed E-state index contributed by atoms with van der Waals surface area (Å²) in [6.07, 6.45) is 5.51. The summed E-state index contributed by atoms with van der Waals surface area (Å²) in [4.78, 5) is 35.0.